The van der Waals surface area contributed by atoms with Crippen LogP contribution in [0.25, 0.3) is 0 Å². The smallest absolute Gasteiger partial charge is 0.408 e. The Morgan fingerprint density at radius 2 is 1.83 bits per heavy atom. The summed E-state index contributed by atoms with van der Waals surface area (Å²) in [6.45, 7) is 6.99. The van der Waals surface area contributed by atoms with E-state index in [0.717, 1.165) is 41.5 Å². The van der Waals surface area contributed by atoms with Crippen molar-refractivity contribution in [2.24, 2.45) is 5.92 Å². The maximum absolute atomic E-state index is 13.4. The average molecular weight is 498 g/mol. The molecule has 2 atom stereocenters. The second-order valence-electron chi connectivity index (χ2n) is 8.79. The lowest BCUT2D eigenvalue weighted by atomic mass is 9.83. The van der Waals surface area contributed by atoms with Crippen LogP contribution in [0.4, 0.5) is 13.2 Å². The van der Waals surface area contributed by atoms with Crippen molar-refractivity contribution in [3.05, 3.63) is 28.2 Å². The maximum Gasteiger partial charge on any atom is 0.408 e. The van der Waals surface area contributed by atoms with E-state index in [2.05, 4.69) is 20.7 Å². The summed E-state index contributed by atoms with van der Waals surface area (Å²) in [5.41, 5.74) is 1.06. The van der Waals surface area contributed by atoms with Crippen LogP contribution in [-0.4, -0.2) is 27.6 Å². The molecule has 1 aliphatic carbocycles. The molecule has 1 fully saturated rings. The monoisotopic (exact) mass is 497 g/mol. The van der Waals surface area contributed by atoms with Gasteiger partial charge in [0, 0.05) is 21.4 Å². The van der Waals surface area contributed by atoms with Gasteiger partial charge in [0.15, 0.2) is 0 Å². The van der Waals surface area contributed by atoms with E-state index in [1.807, 2.05) is 25.1 Å². The molecule has 1 saturated carbocycles. The molecule has 1 aliphatic rings. The van der Waals surface area contributed by atoms with Crippen molar-refractivity contribution in [3.8, 4) is 5.75 Å². The van der Waals surface area contributed by atoms with Crippen LogP contribution in [0.3, 0.4) is 0 Å². The molecule has 8 heteroatoms. The topological polar surface area (TPSA) is 44.3 Å². The summed E-state index contributed by atoms with van der Waals surface area (Å²) >= 11 is 1.75. The molecule has 0 bridgehead atoms. The van der Waals surface area contributed by atoms with Gasteiger partial charge in [-0.1, -0.05) is 22.0 Å². The number of benzene rings is 1. The zero-order valence-electron chi connectivity index (χ0n) is 17.4. The second-order valence-corrected chi connectivity index (χ2v) is 11.6. The summed E-state index contributed by atoms with van der Waals surface area (Å²) in [5, 5.41) is 0. The Hall–Kier alpha value is -0.440. The van der Waals surface area contributed by atoms with Gasteiger partial charge in [0.2, 0.25) is 0 Å². The first-order valence-electron chi connectivity index (χ1n) is 10.0. The van der Waals surface area contributed by atoms with Crippen LogP contribution >= 0.6 is 15.9 Å². The minimum absolute atomic E-state index is 0.0494. The molecule has 3 nitrogen and oxygen atoms in total. The van der Waals surface area contributed by atoms with Gasteiger partial charge in [-0.3, -0.25) is 0 Å². The molecule has 0 saturated heterocycles. The summed E-state index contributed by atoms with van der Waals surface area (Å²) in [6, 6.07) is 4.11. The summed E-state index contributed by atoms with van der Waals surface area (Å²) in [4.78, 5) is 0. The lowest BCUT2D eigenvalue weighted by Gasteiger charge is -2.32. The number of nitrogens with one attached hydrogen (secondary N) is 1. The van der Waals surface area contributed by atoms with Gasteiger partial charge in [-0.2, -0.15) is 13.2 Å². The van der Waals surface area contributed by atoms with Crippen LogP contribution in [0.5, 0.6) is 5.75 Å². The Labute approximate surface area is 183 Å². The SMILES string of the molecule is Cc1c(Br)cccc1OC1CCC(CC[C@H](N[S+]([O-])C(C)(C)C)C(F)(F)F)CC1. The normalized spacial score (nSPS) is 22.9. The van der Waals surface area contributed by atoms with Crippen molar-refractivity contribution < 1.29 is 22.5 Å². The van der Waals surface area contributed by atoms with E-state index in [9.17, 15) is 17.7 Å². The number of ether oxygens (including phenoxy) is 1. The van der Waals surface area contributed by atoms with Crippen LogP contribution in [0, 0.1) is 12.8 Å². The lowest BCUT2D eigenvalue weighted by Crippen LogP contribution is -2.50. The summed E-state index contributed by atoms with van der Waals surface area (Å²) in [5.74, 6) is 1.10. The number of halogens is 4. The molecule has 0 radical (unpaired) electrons. The van der Waals surface area contributed by atoms with Crippen LogP contribution < -0.4 is 9.46 Å². The van der Waals surface area contributed by atoms with Gasteiger partial charge in [-0.05, 0) is 84.3 Å². The molecule has 0 aromatic heterocycles. The fraction of sp³-hybridized carbons (Fsp3) is 0.714. The van der Waals surface area contributed by atoms with Gasteiger partial charge < -0.3 is 9.29 Å². The largest absolute Gasteiger partial charge is 0.598 e. The molecular weight excluding hydrogens is 467 g/mol. The summed E-state index contributed by atoms with van der Waals surface area (Å²) in [7, 11) is 0. The van der Waals surface area contributed by atoms with Crippen molar-refractivity contribution in [2.75, 3.05) is 0 Å². The van der Waals surface area contributed by atoms with E-state index in [1.165, 1.54) is 0 Å². The first kappa shape index (κ1) is 24.8. The molecule has 1 unspecified atom stereocenters. The fourth-order valence-electron chi connectivity index (χ4n) is 3.43. The number of rotatable bonds is 7. The van der Waals surface area contributed by atoms with Gasteiger partial charge >= 0.3 is 6.18 Å². The third-order valence-electron chi connectivity index (χ3n) is 5.37. The molecule has 29 heavy (non-hydrogen) atoms. The quantitative estimate of drug-likeness (QED) is 0.439. The Morgan fingerprint density at radius 1 is 1.21 bits per heavy atom. The Bertz CT molecular complexity index is 658. The zero-order chi connectivity index (χ0) is 21.8. The third kappa shape index (κ3) is 7.64. The second kappa shape index (κ2) is 10.2. The van der Waals surface area contributed by atoms with Crippen LogP contribution in [0.1, 0.15) is 64.9 Å². The minimum Gasteiger partial charge on any atom is -0.598 e. The molecule has 1 aromatic carbocycles. The third-order valence-corrected chi connectivity index (χ3v) is 7.84. The van der Waals surface area contributed by atoms with Crippen molar-refractivity contribution in [3.63, 3.8) is 0 Å². The van der Waals surface area contributed by atoms with Gasteiger partial charge in [0.05, 0.1) is 6.10 Å². The molecule has 0 heterocycles. The van der Waals surface area contributed by atoms with Gasteiger partial charge in [0.1, 0.15) is 16.5 Å². The van der Waals surface area contributed by atoms with E-state index in [-0.39, 0.29) is 18.4 Å². The predicted octanol–water partition coefficient (Wildman–Crippen LogP) is 6.46. The fourth-order valence-corrected chi connectivity index (χ4v) is 4.64. The lowest BCUT2D eigenvalue weighted by molar-refractivity contribution is -0.153. The van der Waals surface area contributed by atoms with Gasteiger partial charge in [-0.25, -0.2) is 0 Å². The van der Waals surface area contributed by atoms with Crippen LogP contribution in [0.2, 0.25) is 0 Å². The molecule has 166 valence electrons. The van der Waals surface area contributed by atoms with Gasteiger partial charge in [-0.15, -0.1) is 4.72 Å². The van der Waals surface area contributed by atoms with E-state index in [1.54, 1.807) is 20.8 Å². The molecule has 1 aromatic rings. The first-order valence-corrected chi connectivity index (χ1v) is 12.0. The van der Waals surface area contributed by atoms with Crippen molar-refractivity contribution in [2.45, 2.75) is 89.3 Å². The first-order chi connectivity index (χ1) is 13.4. The van der Waals surface area contributed by atoms with Crippen LogP contribution in [-0.2, 0) is 11.4 Å². The number of alkyl halides is 3. The molecular formula is C21H31BrF3NO2S. The van der Waals surface area contributed by atoms with E-state index in [4.69, 9.17) is 4.74 Å². The zero-order valence-corrected chi connectivity index (χ0v) is 19.8. The van der Waals surface area contributed by atoms with Crippen LogP contribution in [0.15, 0.2) is 22.7 Å². The summed E-state index contributed by atoms with van der Waals surface area (Å²) in [6.07, 6.45) is -0.491. The standard InChI is InChI=1S/C21H31BrF3NO2S/c1-14-17(22)6-5-7-18(14)28-16-11-8-15(9-12-16)10-13-19(21(23,24)25)26-29(27)20(2,3)4/h5-7,15-16,19,26H,8-13H2,1-4H3/t15?,16?,19-,29?/m0/s1. The highest BCUT2D eigenvalue weighted by Gasteiger charge is 2.44. The highest BCUT2D eigenvalue weighted by molar-refractivity contribution is 9.10. The predicted molar refractivity (Wildman–Crippen MR) is 115 cm³/mol. The molecule has 0 aliphatic heterocycles. The number of hydrogen-bond acceptors (Lipinski definition) is 3. The molecule has 2 rings (SSSR count). The minimum atomic E-state index is -4.40. The Balaban J connectivity index is 1.83. The van der Waals surface area contributed by atoms with E-state index >= 15 is 0 Å². The number of hydrogen-bond donors (Lipinski definition) is 1. The van der Waals surface area contributed by atoms with E-state index < -0.39 is 28.3 Å². The van der Waals surface area contributed by atoms with Crippen molar-refractivity contribution in [1.29, 1.82) is 0 Å². The van der Waals surface area contributed by atoms with Crippen molar-refractivity contribution >= 4 is 27.3 Å². The van der Waals surface area contributed by atoms with E-state index in [0.29, 0.717) is 6.42 Å². The molecule has 0 spiro atoms. The Kier molecular flexibility index (Phi) is 8.77. The molecule has 1 N–H and O–H groups in total. The molecule has 0 amide bonds. The van der Waals surface area contributed by atoms with Gasteiger partial charge in [0.25, 0.3) is 0 Å². The summed E-state index contributed by atoms with van der Waals surface area (Å²) < 4.78 is 61.0. The Morgan fingerprint density at radius 3 is 2.38 bits per heavy atom. The highest BCUT2D eigenvalue weighted by atomic mass is 79.9. The average Bonchev–Trinajstić information content (AvgIpc) is 2.61. The van der Waals surface area contributed by atoms with Crippen molar-refractivity contribution in [1.82, 2.24) is 4.72 Å². The maximum atomic E-state index is 13.4. The highest BCUT2D eigenvalue weighted by Crippen LogP contribution is 2.35.